The van der Waals surface area contributed by atoms with E-state index in [0.29, 0.717) is 37.9 Å². The molecule has 5 atom stereocenters. The first-order valence-corrected chi connectivity index (χ1v) is 25.7. The molecule has 0 aromatic heterocycles. The summed E-state index contributed by atoms with van der Waals surface area (Å²) >= 11 is 0. The number of phosphoric acid groups is 2. The van der Waals surface area contributed by atoms with Crippen LogP contribution < -0.4 is 0 Å². The molecule has 362 valence electrons. The molecule has 1 aliphatic rings. The summed E-state index contributed by atoms with van der Waals surface area (Å²) in [6.07, 6.45) is 49.9. The number of epoxide rings is 1. The van der Waals surface area contributed by atoms with Gasteiger partial charge in [-0.05, 0) is 83.5 Å². The molecule has 0 aromatic rings. The molecule has 0 aliphatic carbocycles. The molecule has 0 aromatic carbocycles. The first kappa shape index (κ1) is 58.8. The largest absolute Gasteiger partial charge is 0.472 e. The fourth-order valence-electron chi connectivity index (χ4n) is 5.58. The van der Waals surface area contributed by atoms with Gasteiger partial charge in [-0.2, -0.15) is 0 Å². The van der Waals surface area contributed by atoms with Gasteiger partial charge in [0.25, 0.3) is 0 Å². The van der Waals surface area contributed by atoms with Crippen molar-refractivity contribution in [1.29, 1.82) is 0 Å². The molecule has 1 rings (SSSR count). The van der Waals surface area contributed by atoms with Crippen molar-refractivity contribution in [2.45, 2.75) is 154 Å². The Bertz CT molecular complexity index is 1610. The van der Waals surface area contributed by atoms with E-state index in [-0.39, 0.29) is 12.8 Å². The van der Waals surface area contributed by atoms with Gasteiger partial charge in [-0.15, -0.1) is 0 Å². The number of unbranched alkanes of at least 4 members (excludes halogenated alkanes) is 3. The number of allylic oxidation sites excluding steroid dienone is 17. The third kappa shape index (κ3) is 39.1. The highest BCUT2D eigenvalue weighted by atomic mass is 31.2. The third-order valence-electron chi connectivity index (χ3n) is 9.07. The van der Waals surface area contributed by atoms with Crippen molar-refractivity contribution in [3.8, 4) is 0 Å². The number of aliphatic hydroxyl groups excluding tert-OH is 1. The maximum absolute atomic E-state index is 12.7. The van der Waals surface area contributed by atoms with E-state index in [1.54, 1.807) is 0 Å². The first-order valence-electron chi connectivity index (χ1n) is 22.7. The van der Waals surface area contributed by atoms with Gasteiger partial charge in [0.1, 0.15) is 12.7 Å². The van der Waals surface area contributed by atoms with Gasteiger partial charge in [0.15, 0.2) is 6.10 Å². The number of hydrogen-bond donors (Lipinski definition) is 4. The van der Waals surface area contributed by atoms with Crippen LogP contribution in [0.25, 0.3) is 0 Å². The second-order valence-electron chi connectivity index (χ2n) is 15.0. The van der Waals surface area contributed by atoms with Crippen molar-refractivity contribution in [2.24, 2.45) is 0 Å². The monoisotopic (exact) mass is 938 g/mol. The molecule has 1 aliphatic heterocycles. The Morgan fingerprint density at radius 1 is 0.562 bits per heavy atom. The molecule has 16 heteroatoms. The summed E-state index contributed by atoms with van der Waals surface area (Å²) < 4.78 is 53.4. The van der Waals surface area contributed by atoms with E-state index < -0.39 is 66.2 Å². The minimum absolute atomic E-state index is 0.0145. The predicted molar refractivity (Wildman–Crippen MR) is 252 cm³/mol. The summed E-state index contributed by atoms with van der Waals surface area (Å²) in [5.74, 6) is -1.21. The average molecular weight is 939 g/mol. The molecule has 0 spiro atoms. The summed E-state index contributed by atoms with van der Waals surface area (Å²) in [5, 5.41) is 9.76. The standard InChI is InChI=1S/C48H76O14P2/c1-3-5-7-8-9-10-11-12-13-14-15-16-17-18-19-24-27-30-34-38-48(51)61-44(42-60-64(55,56)59-40-43(49)39-58-63(52,53)54)41-57-47(50)37-33-29-26-23-21-20-22-25-28-32-36-46-45(62-46)35-31-6-4-2/h5,7,9-10,12-13,15-16,18-20,22-23,26-28,30,32,43-46,49H,3-4,6,8,11,14,17,21,24-25,29,31,33-42H2,1-2H3,(H,55,56)(H2,52,53,54)/b7-5-,10-9-,13-12-,16-15-,19-18-,22-20-,26-23-,30-27-,32-28-/t43-,44+,45?,46?/m0/s1. The zero-order chi connectivity index (χ0) is 47.0. The Labute approximate surface area is 382 Å². The molecule has 1 heterocycles. The zero-order valence-electron chi connectivity index (χ0n) is 38.0. The van der Waals surface area contributed by atoms with E-state index >= 15 is 0 Å². The van der Waals surface area contributed by atoms with E-state index in [1.807, 2.05) is 30.4 Å². The average Bonchev–Trinajstić information content (AvgIpc) is 4.01. The lowest BCUT2D eigenvalue weighted by Gasteiger charge is -2.20. The van der Waals surface area contributed by atoms with Crippen molar-refractivity contribution in [3.63, 3.8) is 0 Å². The second-order valence-corrected chi connectivity index (χ2v) is 17.7. The van der Waals surface area contributed by atoms with Crippen LogP contribution >= 0.6 is 15.6 Å². The molecule has 4 N–H and O–H groups in total. The highest BCUT2D eigenvalue weighted by molar-refractivity contribution is 7.47. The Morgan fingerprint density at radius 3 is 1.61 bits per heavy atom. The van der Waals surface area contributed by atoms with Crippen LogP contribution in [0.5, 0.6) is 0 Å². The number of esters is 2. The topological polar surface area (TPSA) is 208 Å². The minimum Gasteiger partial charge on any atom is -0.462 e. The maximum Gasteiger partial charge on any atom is 0.472 e. The van der Waals surface area contributed by atoms with Crippen molar-refractivity contribution >= 4 is 27.6 Å². The van der Waals surface area contributed by atoms with E-state index in [4.69, 9.17) is 28.5 Å². The highest BCUT2D eigenvalue weighted by Crippen LogP contribution is 2.44. The van der Waals surface area contributed by atoms with Gasteiger partial charge < -0.3 is 34.0 Å². The van der Waals surface area contributed by atoms with Gasteiger partial charge in [-0.1, -0.05) is 142 Å². The second kappa shape index (κ2) is 39.0. The Morgan fingerprint density at radius 2 is 1.06 bits per heavy atom. The summed E-state index contributed by atoms with van der Waals surface area (Å²) in [7, 11) is -9.74. The number of rotatable bonds is 40. The van der Waals surface area contributed by atoms with Crippen molar-refractivity contribution in [1.82, 2.24) is 0 Å². The number of ether oxygens (including phenoxy) is 3. The SMILES string of the molecule is CC/C=C\C/C=C\C/C=C\C/C=C\C/C=C\C/C=C\CCC(=O)O[C@H](COC(=O)CCC/C=C\C/C=C\C/C=C\CC1OC1CCCCC)COP(=O)(O)OC[C@@H](O)COP(=O)(O)O. The fraction of sp³-hybridized carbons (Fsp3) is 0.583. The predicted octanol–water partition coefficient (Wildman–Crippen LogP) is 10.9. The molecule has 0 radical (unpaired) electrons. The zero-order valence-corrected chi connectivity index (χ0v) is 39.8. The normalized spacial score (nSPS) is 18.1. The highest BCUT2D eigenvalue weighted by Gasteiger charge is 2.36. The first-order chi connectivity index (χ1) is 30.8. The fourth-order valence-corrected chi connectivity index (χ4v) is 6.73. The number of phosphoric ester groups is 2. The van der Waals surface area contributed by atoms with Gasteiger partial charge in [0.2, 0.25) is 0 Å². The van der Waals surface area contributed by atoms with Crippen molar-refractivity contribution in [2.75, 3.05) is 26.4 Å². The smallest absolute Gasteiger partial charge is 0.462 e. The molecule has 3 unspecified atom stereocenters. The van der Waals surface area contributed by atoms with Gasteiger partial charge in [-0.25, -0.2) is 9.13 Å². The summed E-state index contributed by atoms with van der Waals surface area (Å²) in [6, 6.07) is 0. The van der Waals surface area contributed by atoms with Gasteiger partial charge >= 0.3 is 27.6 Å². The van der Waals surface area contributed by atoms with Crippen LogP contribution in [-0.2, 0) is 46.5 Å². The van der Waals surface area contributed by atoms with Gasteiger partial charge in [0, 0.05) is 12.8 Å². The van der Waals surface area contributed by atoms with Crippen LogP contribution in [0.1, 0.15) is 129 Å². The molecule has 0 saturated carbocycles. The summed E-state index contributed by atoms with van der Waals surface area (Å²) in [5.41, 5.74) is 0. The van der Waals surface area contributed by atoms with E-state index in [0.717, 1.165) is 57.8 Å². The summed E-state index contributed by atoms with van der Waals surface area (Å²) in [4.78, 5) is 52.7. The lowest BCUT2D eigenvalue weighted by molar-refractivity contribution is -0.161. The Balaban J connectivity index is 2.44. The van der Waals surface area contributed by atoms with E-state index in [9.17, 15) is 28.7 Å². The minimum atomic E-state index is -4.88. The quantitative estimate of drug-likeness (QED) is 0.0148. The van der Waals surface area contributed by atoms with Crippen LogP contribution in [-0.4, -0.2) is 82.6 Å². The van der Waals surface area contributed by atoms with Crippen LogP contribution in [0.4, 0.5) is 0 Å². The maximum atomic E-state index is 12.7. The molecule has 0 amide bonds. The van der Waals surface area contributed by atoms with E-state index in [2.05, 4.69) is 102 Å². The molecule has 64 heavy (non-hydrogen) atoms. The van der Waals surface area contributed by atoms with Crippen LogP contribution in [0.2, 0.25) is 0 Å². The lowest BCUT2D eigenvalue weighted by atomic mass is 10.1. The molecular formula is C48H76O14P2. The lowest BCUT2D eigenvalue weighted by Crippen LogP contribution is -2.29. The number of carbonyl (C=O) groups excluding carboxylic acids is 2. The van der Waals surface area contributed by atoms with Gasteiger partial charge in [-0.3, -0.25) is 23.2 Å². The van der Waals surface area contributed by atoms with Crippen LogP contribution in [0.3, 0.4) is 0 Å². The van der Waals surface area contributed by atoms with Crippen LogP contribution in [0, 0.1) is 0 Å². The van der Waals surface area contributed by atoms with Gasteiger partial charge in [0.05, 0.1) is 32.0 Å². The number of aliphatic hydroxyl groups is 1. The van der Waals surface area contributed by atoms with Crippen LogP contribution in [0.15, 0.2) is 109 Å². The number of hydrogen-bond acceptors (Lipinski definition) is 11. The summed E-state index contributed by atoms with van der Waals surface area (Å²) in [6.45, 7) is 1.44. The van der Waals surface area contributed by atoms with E-state index in [1.165, 1.54) is 19.3 Å². The molecule has 1 saturated heterocycles. The molecule has 1 fully saturated rings. The van der Waals surface area contributed by atoms with Crippen molar-refractivity contribution in [3.05, 3.63) is 109 Å². The Kier molecular flexibility index (Phi) is 35.8. The molecule has 0 bridgehead atoms. The third-order valence-corrected chi connectivity index (χ3v) is 10.5. The van der Waals surface area contributed by atoms with Crippen molar-refractivity contribution < 1.29 is 66.3 Å². The molecule has 14 nitrogen and oxygen atoms in total. The Hall–Kier alpha value is -3.26. The molecular weight excluding hydrogens is 862 g/mol. The number of carbonyl (C=O) groups is 2.